The van der Waals surface area contributed by atoms with Gasteiger partial charge in [-0.2, -0.15) is 5.26 Å². The summed E-state index contributed by atoms with van der Waals surface area (Å²) in [5.74, 6) is 0.853. The lowest BCUT2D eigenvalue weighted by atomic mass is 10.0. The summed E-state index contributed by atoms with van der Waals surface area (Å²) >= 11 is 0. The van der Waals surface area contributed by atoms with Crippen molar-refractivity contribution in [1.82, 2.24) is 10.2 Å². The first kappa shape index (κ1) is 12.7. The second-order valence-corrected chi connectivity index (χ2v) is 5.93. The van der Waals surface area contributed by atoms with Gasteiger partial charge in [0.15, 0.2) is 0 Å². The second-order valence-electron chi connectivity index (χ2n) is 5.93. The maximum atomic E-state index is 12.1. The van der Waals surface area contributed by atoms with E-state index in [0.29, 0.717) is 12.6 Å². The van der Waals surface area contributed by atoms with Crippen molar-refractivity contribution in [1.29, 1.82) is 5.26 Å². The van der Waals surface area contributed by atoms with E-state index in [1.165, 1.54) is 19.3 Å². The highest BCUT2D eigenvalue weighted by Gasteiger charge is 2.31. The molecule has 0 bridgehead atoms. The van der Waals surface area contributed by atoms with Crippen molar-refractivity contribution in [3.8, 4) is 6.07 Å². The predicted molar refractivity (Wildman–Crippen MR) is 72.2 cm³/mol. The zero-order valence-corrected chi connectivity index (χ0v) is 11.3. The molecule has 3 aliphatic rings. The number of carbonyl (C=O) groups is 1. The number of amides is 1. The number of nitrogens with one attached hydrogen (secondary N) is 1. The van der Waals surface area contributed by atoms with Crippen molar-refractivity contribution < 1.29 is 4.79 Å². The summed E-state index contributed by atoms with van der Waals surface area (Å²) in [5, 5.41) is 12.4. The zero-order chi connectivity index (χ0) is 13.2. The topological polar surface area (TPSA) is 56.1 Å². The molecule has 1 heterocycles. The van der Waals surface area contributed by atoms with E-state index in [9.17, 15) is 4.79 Å². The molecule has 1 aliphatic heterocycles. The molecule has 1 amide bonds. The molecule has 19 heavy (non-hydrogen) atoms. The van der Waals surface area contributed by atoms with Crippen LogP contribution in [0.1, 0.15) is 38.5 Å². The lowest BCUT2D eigenvalue weighted by Gasteiger charge is -2.21. The molecule has 0 aromatic rings. The maximum absolute atomic E-state index is 12.1. The smallest absolute Gasteiger partial charge is 0.237 e. The Balaban J connectivity index is 1.49. The van der Waals surface area contributed by atoms with Crippen molar-refractivity contribution in [2.24, 2.45) is 5.92 Å². The Hall–Kier alpha value is -1.34. The normalized spacial score (nSPS) is 33.1. The van der Waals surface area contributed by atoms with Crippen LogP contribution in [-0.4, -0.2) is 36.0 Å². The Labute approximate surface area is 114 Å². The minimum atomic E-state index is -0.199. The number of nitriles is 1. The summed E-state index contributed by atoms with van der Waals surface area (Å²) in [4.78, 5) is 13.8. The summed E-state index contributed by atoms with van der Waals surface area (Å²) in [5.41, 5.74) is 1.60. The third-order valence-corrected chi connectivity index (χ3v) is 4.73. The van der Waals surface area contributed by atoms with Crippen LogP contribution in [0.25, 0.3) is 0 Å². The quantitative estimate of drug-likeness (QED) is 0.783. The highest BCUT2D eigenvalue weighted by atomic mass is 16.2. The molecule has 2 fully saturated rings. The minimum absolute atomic E-state index is 0.0829. The molecule has 4 heteroatoms. The number of allylic oxidation sites excluding steroid dienone is 1. The van der Waals surface area contributed by atoms with Crippen molar-refractivity contribution in [3.63, 3.8) is 0 Å². The molecule has 4 nitrogen and oxygen atoms in total. The Morgan fingerprint density at radius 1 is 1.47 bits per heavy atom. The molecule has 0 aromatic carbocycles. The Kier molecular flexibility index (Phi) is 3.56. The van der Waals surface area contributed by atoms with Crippen LogP contribution in [0.2, 0.25) is 0 Å². The first-order chi connectivity index (χ1) is 9.28. The Bertz CT molecular complexity index is 437. The van der Waals surface area contributed by atoms with Crippen LogP contribution in [0.5, 0.6) is 0 Å². The van der Waals surface area contributed by atoms with E-state index in [0.717, 1.165) is 31.7 Å². The number of nitrogens with zero attached hydrogens (tertiary/aromatic N) is 2. The van der Waals surface area contributed by atoms with E-state index >= 15 is 0 Å². The van der Waals surface area contributed by atoms with Gasteiger partial charge in [-0.05, 0) is 44.4 Å². The van der Waals surface area contributed by atoms with Gasteiger partial charge in [0.1, 0.15) is 6.04 Å². The molecule has 3 rings (SSSR count). The fraction of sp³-hybridized carbons (Fsp3) is 0.733. The van der Waals surface area contributed by atoms with Gasteiger partial charge in [-0.3, -0.25) is 4.79 Å². The summed E-state index contributed by atoms with van der Waals surface area (Å²) < 4.78 is 0. The van der Waals surface area contributed by atoms with Crippen LogP contribution >= 0.6 is 0 Å². The van der Waals surface area contributed by atoms with Crippen LogP contribution in [0, 0.1) is 17.2 Å². The van der Waals surface area contributed by atoms with Gasteiger partial charge >= 0.3 is 0 Å². The van der Waals surface area contributed by atoms with Crippen molar-refractivity contribution in [2.75, 3.05) is 13.1 Å². The number of carbonyl (C=O) groups excluding carboxylic acids is 1. The summed E-state index contributed by atoms with van der Waals surface area (Å²) in [6.45, 7) is 1.12. The summed E-state index contributed by atoms with van der Waals surface area (Å²) in [6.07, 6.45) is 9.18. The van der Waals surface area contributed by atoms with E-state index in [1.807, 2.05) is 0 Å². The van der Waals surface area contributed by atoms with E-state index in [1.54, 1.807) is 10.5 Å². The third-order valence-electron chi connectivity index (χ3n) is 4.73. The summed E-state index contributed by atoms with van der Waals surface area (Å²) in [7, 11) is 0. The first-order valence-corrected chi connectivity index (χ1v) is 7.41. The van der Waals surface area contributed by atoms with Gasteiger partial charge in [-0.1, -0.05) is 11.6 Å². The maximum Gasteiger partial charge on any atom is 0.237 e. The molecule has 1 N–H and O–H groups in total. The van der Waals surface area contributed by atoms with Crippen LogP contribution in [0.3, 0.4) is 0 Å². The monoisotopic (exact) mass is 259 g/mol. The summed E-state index contributed by atoms with van der Waals surface area (Å²) in [6, 6.07) is 2.39. The Morgan fingerprint density at radius 3 is 3.16 bits per heavy atom. The average molecular weight is 259 g/mol. The molecule has 1 unspecified atom stereocenters. The molecule has 0 radical (unpaired) electrons. The van der Waals surface area contributed by atoms with Gasteiger partial charge in [0.25, 0.3) is 0 Å². The molecule has 2 aliphatic carbocycles. The number of fused-ring (bicyclic) bond motifs is 1. The van der Waals surface area contributed by atoms with Crippen LogP contribution in [0.4, 0.5) is 0 Å². The molecule has 1 saturated carbocycles. The van der Waals surface area contributed by atoms with Gasteiger partial charge in [0.2, 0.25) is 5.91 Å². The number of rotatable bonds is 3. The van der Waals surface area contributed by atoms with Gasteiger partial charge in [-0.15, -0.1) is 0 Å². The fourth-order valence-electron chi connectivity index (χ4n) is 3.73. The minimum Gasteiger partial charge on any atom is -0.326 e. The number of hydrogen-bond donors (Lipinski definition) is 1. The van der Waals surface area contributed by atoms with Gasteiger partial charge < -0.3 is 10.2 Å². The highest BCUT2D eigenvalue weighted by Crippen LogP contribution is 2.39. The van der Waals surface area contributed by atoms with Gasteiger partial charge in [0, 0.05) is 12.6 Å². The molecule has 102 valence electrons. The first-order valence-electron chi connectivity index (χ1n) is 7.41. The van der Waals surface area contributed by atoms with E-state index in [2.05, 4.69) is 17.5 Å². The van der Waals surface area contributed by atoms with E-state index < -0.39 is 0 Å². The zero-order valence-electron chi connectivity index (χ0n) is 11.3. The third kappa shape index (κ3) is 2.52. The number of hydrogen-bond acceptors (Lipinski definition) is 3. The molecular weight excluding hydrogens is 238 g/mol. The highest BCUT2D eigenvalue weighted by molar-refractivity contribution is 5.79. The average Bonchev–Trinajstić information content (AvgIpc) is 3.09. The Morgan fingerprint density at radius 2 is 2.37 bits per heavy atom. The largest absolute Gasteiger partial charge is 0.326 e. The van der Waals surface area contributed by atoms with E-state index in [-0.39, 0.29) is 11.9 Å². The lowest BCUT2D eigenvalue weighted by molar-refractivity contribution is -0.130. The molecule has 0 spiro atoms. The van der Waals surface area contributed by atoms with Crippen LogP contribution < -0.4 is 5.32 Å². The van der Waals surface area contributed by atoms with Gasteiger partial charge in [-0.25, -0.2) is 0 Å². The predicted octanol–water partition coefficient (Wildman–Crippen LogP) is 1.59. The van der Waals surface area contributed by atoms with Crippen molar-refractivity contribution in [2.45, 2.75) is 50.6 Å². The lowest BCUT2D eigenvalue weighted by Crippen LogP contribution is -2.42. The van der Waals surface area contributed by atoms with Crippen molar-refractivity contribution in [3.05, 3.63) is 11.6 Å². The van der Waals surface area contributed by atoms with Crippen molar-refractivity contribution >= 4 is 5.91 Å². The van der Waals surface area contributed by atoms with Gasteiger partial charge in [0.05, 0.1) is 12.6 Å². The van der Waals surface area contributed by atoms with Crippen LogP contribution in [0.15, 0.2) is 11.6 Å². The number of likely N-dealkylation sites (tertiary alicyclic amines) is 1. The standard InChI is InChI=1S/C15H21N3O/c16-9-14-5-2-6-18(14)15(19)10-17-13-7-11-3-1-4-12(11)8-13/h7,12-14,17H,1-6,8,10H2/t12-,13+,14?/m1/s1. The SMILES string of the molecule is N#CC1CCCN1C(=O)CN[C@H]1C=C2CCC[C@@H]2C1. The van der Waals surface area contributed by atoms with E-state index in [4.69, 9.17) is 5.26 Å². The fourth-order valence-corrected chi connectivity index (χ4v) is 3.73. The molecule has 1 saturated heterocycles. The molecular formula is C15H21N3O. The van der Waals surface area contributed by atoms with Crippen LogP contribution in [-0.2, 0) is 4.79 Å². The molecule has 3 atom stereocenters. The molecule has 0 aromatic heterocycles. The second kappa shape index (κ2) is 5.34.